The number of aliphatic hydroxyl groups excluding tert-OH is 1. The van der Waals surface area contributed by atoms with Gasteiger partial charge in [-0.2, -0.15) is 0 Å². The predicted molar refractivity (Wildman–Crippen MR) is 59.9 cm³/mol. The Labute approximate surface area is 96.4 Å². The van der Waals surface area contributed by atoms with Crippen molar-refractivity contribution >= 4 is 5.91 Å². The quantitative estimate of drug-likeness (QED) is 0.746. The van der Waals surface area contributed by atoms with Gasteiger partial charge in [-0.15, -0.1) is 0 Å². The third kappa shape index (κ3) is 2.23. The third-order valence-electron chi connectivity index (χ3n) is 4.06. The number of rotatable bonds is 3. The molecule has 0 aromatic rings. The second kappa shape index (κ2) is 4.72. The lowest BCUT2D eigenvalue weighted by Crippen LogP contribution is -2.46. The lowest BCUT2D eigenvalue weighted by molar-refractivity contribution is -0.126. The molecule has 1 amide bonds. The number of aliphatic hydroxyl groups is 1. The lowest BCUT2D eigenvalue weighted by Gasteiger charge is -2.30. The van der Waals surface area contributed by atoms with E-state index >= 15 is 0 Å². The predicted octanol–water partition coefficient (Wildman–Crippen LogP) is 0.690. The number of carbonyl (C=O) groups excluding carboxylic acids is 1. The van der Waals surface area contributed by atoms with Crippen molar-refractivity contribution in [3.8, 4) is 0 Å². The maximum absolute atomic E-state index is 11.9. The molecule has 16 heavy (non-hydrogen) atoms. The highest BCUT2D eigenvalue weighted by Crippen LogP contribution is 2.37. The number of carbonyl (C=O) groups is 1. The van der Waals surface area contributed by atoms with Gasteiger partial charge in [-0.05, 0) is 19.3 Å². The summed E-state index contributed by atoms with van der Waals surface area (Å²) in [5, 5.41) is 12.5. The Hall–Kier alpha value is -0.610. The Balaban J connectivity index is 1.91. The van der Waals surface area contributed by atoms with Gasteiger partial charge in [0.1, 0.15) is 0 Å². The monoisotopic (exact) mass is 227 g/mol. The van der Waals surface area contributed by atoms with Gasteiger partial charge in [-0.1, -0.05) is 13.3 Å². The molecule has 2 aliphatic rings. The standard InChI is InChI=1S/C12H21NO3/c1-12(8-14)5-2-3-10(12)13-11(15)9-4-6-16-7-9/h9-10,14H,2-8H2,1H3,(H,13,15). The average molecular weight is 227 g/mol. The zero-order valence-electron chi connectivity index (χ0n) is 9.87. The van der Waals surface area contributed by atoms with E-state index in [2.05, 4.69) is 12.2 Å². The molecule has 1 aliphatic heterocycles. The zero-order valence-corrected chi connectivity index (χ0v) is 9.87. The molecular formula is C12H21NO3. The van der Waals surface area contributed by atoms with E-state index in [1.54, 1.807) is 0 Å². The molecule has 1 aliphatic carbocycles. The largest absolute Gasteiger partial charge is 0.396 e. The molecular weight excluding hydrogens is 206 g/mol. The van der Waals surface area contributed by atoms with E-state index in [1.807, 2.05) is 0 Å². The number of hydrogen-bond donors (Lipinski definition) is 2. The second-order valence-corrected chi connectivity index (χ2v) is 5.33. The summed E-state index contributed by atoms with van der Waals surface area (Å²) in [5.41, 5.74) is -0.130. The van der Waals surface area contributed by atoms with E-state index in [4.69, 9.17) is 4.74 Å². The Morgan fingerprint density at radius 3 is 3.00 bits per heavy atom. The normalized spacial score (nSPS) is 38.9. The van der Waals surface area contributed by atoms with Gasteiger partial charge in [0.15, 0.2) is 0 Å². The summed E-state index contributed by atoms with van der Waals surface area (Å²) >= 11 is 0. The fourth-order valence-electron chi connectivity index (χ4n) is 2.70. The van der Waals surface area contributed by atoms with Crippen molar-refractivity contribution in [1.82, 2.24) is 5.32 Å². The summed E-state index contributed by atoms with van der Waals surface area (Å²) in [6.45, 7) is 3.45. The number of amides is 1. The van der Waals surface area contributed by atoms with Crippen LogP contribution in [0.1, 0.15) is 32.6 Å². The highest BCUT2D eigenvalue weighted by Gasteiger charge is 2.40. The van der Waals surface area contributed by atoms with E-state index in [1.165, 1.54) is 0 Å². The van der Waals surface area contributed by atoms with Crippen molar-refractivity contribution in [2.45, 2.75) is 38.6 Å². The molecule has 1 saturated heterocycles. The molecule has 92 valence electrons. The van der Waals surface area contributed by atoms with Crippen LogP contribution in [-0.4, -0.2) is 36.9 Å². The molecule has 0 radical (unpaired) electrons. The van der Waals surface area contributed by atoms with E-state index in [9.17, 15) is 9.90 Å². The van der Waals surface area contributed by atoms with Crippen molar-refractivity contribution < 1.29 is 14.6 Å². The summed E-state index contributed by atoms with van der Waals surface area (Å²) in [7, 11) is 0. The first-order valence-corrected chi connectivity index (χ1v) is 6.15. The minimum atomic E-state index is -0.130. The Kier molecular flexibility index (Phi) is 3.50. The van der Waals surface area contributed by atoms with Crippen LogP contribution in [0.25, 0.3) is 0 Å². The van der Waals surface area contributed by atoms with Gasteiger partial charge in [0.25, 0.3) is 0 Å². The fourth-order valence-corrected chi connectivity index (χ4v) is 2.70. The van der Waals surface area contributed by atoms with Gasteiger partial charge in [0.05, 0.1) is 19.1 Å². The smallest absolute Gasteiger partial charge is 0.225 e. The van der Waals surface area contributed by atoms with Gasteiger partial charge in [0.2, 0.25) is 5.91 Å². The second-order valence-electron chi connectivity index (χ2n) is 5.33. The van der Waals surface area contributed by atoms with E-state index in [0.29, 0.717) is 13.2 Å². The van der Waals surface area contributed by atoms with Crippen molar-refractivity contribution in [2.75, 3.05) is 19.8 Å². The minimum absolute atomic E-state index is 0.0172. The van der Waals surface area contributed by atoms with Crippen molar-refractivity contribution in [1.29, 1.82) is 0 Å². The molecule has 2 fully saturated rings. The summed E-state index contributed by atoms with van der Waals surface area (Å²) in [6.07, 6.45) is 3.89. The van der Waals surface area contributed by atoms with Gasteiger partial charge in [0, 0.05) is 18.1 Å². The van der Waals surface area contributed by atoms with Crippen LogP contribution in [0.2, 0.25) is 0 Å². The molecule has 0 spiro atoms. The Bertz CT molecular complexity index is 263. The van der Waals surface area contributed by atoms with Crippen LogP contribution < -0.4 is 5.32 Å². The number of hydrogen-bond acceptors (Lipinski definition) is 3. The van der Waals surface area contributed by atoms with Crippen LogP contribution in [0.15, 0.2) is 0 Å². The average Bonchev–Trinajstić information content (AvgIpc) is 2.89. The van der Waals surface area contributed by atoms with Crippen LogP contribution in [0.4, 0.5) is 0 Å². The molecule has 1 heterocycles. The topological polar surface area (TPSA) is 58.6 Å². The van der Waals surface area contributed by atoms with Crippen LogP contribution in [0.3, 0.4) is 0 Å². The zero-order chi connectivity index (χ0) is 11.6. The molecule has 2 N–H and O–H groups in total. The first kappa shape index (κ1) is 11.9. The van der Waals surface area contributed by atoms with Crippen LogP contribution in [0.5, 0.6) is 0 Å². The van der Waals surface area contributed by atoms with Gasteiger partial charge in [-0.25, -0.2) is 0 Å². The van der Waals surface area contributed by atoms with Crippen molar-refractivity contribution in [3.05, 3.63) is 0 Å². The molecule has 0 aromatic heterocycles. The molecule has 2 rings (SSSR count). The molecule has 4 nitrogen and oxygen atoms in total. The summed E-state index contributed by atoms with van der Waals surface area (Å²) in [6, 6.07) is 0.130. The molecule has 0 aromatic carbocycles. The third-order valence-corrected chi connectivity index (χ3v) is 4.06. The van der Waals surface area contributed by atoms with E-state index < -0.39 is 0 Å². The summed E-state index contributed by atoms with van der Waals surface area (Å²) in [4.78, 5) is 11.9. The van der Waals surface area contributed by atoms with Crippen molar-refractivity contribution in [2.24, 2.45) is 11.3 Å². The maximum Gasteiger partial charge on any atom is 0.225 e. The summed E-state index contributed by atoms with van der Waals surface area (Å²) < 4.78 is 5.21. The molecule has 4 heteroatoms. The van der Waals surface area contributed by atoms with Gasteiger partial charge in [-0.3, -0.25) is 4.79 Å². The van der Waals surface area contributed by atoms with E-state index in [0.717, 1.165) is 25.7 Å². The number of ether oxygens (including phenoxy) is 1. The highest BCUT2D eigenvalue weighted by atomic mass is 16.5. The van der Waals surface area contributed by atoms with Crippen LogP contribution in [0, 0.1) is 11.3 Å². The summed E-state index contributed by atoms with van der Waals surface area (Å²) in [5.74, 6) is 0.118. The minimum Gasteiger partial charge on any atom is -0.396 e. The molecule has 3 atom stereocenters. The fraction of sp³-hybridized carbons (Fsp3) is 0.917. The van der Waals surface area contributed by atoms with Crippen molar-refractivity contribution in [3.63, 3.8) is 0 Å². The molecule has 0 bridgehead atoms. The highest BCUT2D eigenvalue weighted by molar-refractivity contribution is 5.79. The van der Waals surface area contributed by atoms with Crippen LogP contribution in [-0.2, 0) is 9.53 Å². The van der Waals surface area contributed by atoms with E-state index in [-0.39, 0.29) is 29.9 Å². The van der Waals surface area contributed by atoms with Gasteiger partial charge >= 0.3 is 0 Å². The first-order chi connectivity index (χ1) is 7.65. The first-order valence-electron chi connectivity index (χ1n) is 6.15. The molecule has 3 unspecified atom stereocenters. The maximum atomic E-state index is 11.9. The lowest BCUT2D eigenvalue weighted by atomic mass is 9.85. The SMILES string of the molecule is CC1(CO)CCCC1NC(=O)C1CCOC1. The number of nitrogens with one attached hydrogen (secondary N) is 1. The Morgan fingerprint density at radius 1 is 1.56 bits per heavy atom. The van der Waals surface area contributed by atoms with Crippen LogP contribution >= 0.6 is 0 Å². The van der Waals surface area contributed by atoms with Gasteiger partial charge < -0.3 is 15.2 Å². The Morgan fingerprint density at radius 2 is 2.38 bits per heavy atom. The molecule has 1 saturated carbocycles.